The van der Waals surface area contributed by atoms with Crippen molar-refractivity contribution in [2.45, 2.75) is 12.6 Å². The van der Waals surface area contributed by atoms with Crippen LogP contribution >= 0.6 is 0 Å². The number of hydrogen-bond acceptors (Lipinski definition) is 6. The molecule has 10 heteroatoms. The van der Waals surface area contributed by atoms with Gasteiger partial charge in [0.2, 0.25) is 11.8 Å². The summed E-state index contributed by atoms with van der Waals surface area (Å²) in [5, 5.41) is 10.9. The number of rotatable bonds is 4. The van der Waals surface area contributed by atoms with Crippen molar-refractivity contribution in [3.63, 3.8) is 0 Å². The molecular formula is C21H18N4O6. The molecule has 0 unspecified atom stereocenters. The van der Waals surface area contributed by atoms with Gasteiger partial charge in [0, 0.05) is 38.3 Å². The number of urea groups is 1. The second-order valence-electron chi connectivity index (χ2n) is 7.44. The van der Waals surface area contributed by atoms with Crippen LogP contribution in [0.4, 0.5) is 10.5 Å². The molecule has 2 aromatic rings. The van der Waals surface area contributed by atoms with Crippen LogP contribution in [0.5, 0.6) is 0 Å². The fourth-order valence-electron chi connectivity index (χ4n) is 4.05. The average Bonchev–Trinajstić information content (AvgIpc) is 3.03. The predicted octanol–water partition coefficient (Wildman–Crippen LogP) is 1.96. The van der Waals surface area contributed by atoms with E-state index in [4.69, 9.17) is 0 Å². The zero-order chi connectivity index (χ0) is 22.4. The van der Waals surface area contributed by atoms with Crippen molar-refractivity contribution in [1.82, 2.24) is 14.7 Å². The summed E-state index contributed by atoms with van der Waals surface area (Å²) in [7, 11) is 2.59. The zero-order valence-corrected chi connectivity index (χ0v) is 16.7. The number of nitrogens with zero attached hydrogens (tertiary/aromatic N) is 4. The molecule has 158 valence electrons. The summed E-state index contributed by atoms with van der Waals surface area (Å²) in [6.07, 6.45) is 0. The smallest absolute Gasteiger partial charge is 0.326 e. The third-order valence-corrected chi connectivity index (χ3v) is 5.69. The maximum absolute atomic E-state index is 13.2. The molecule has 0 spiro atoms. The normalized spacial score (nSPS) is 19.3. The van der Waals surface area contributed by atoms with E-state index < -0.39 is 34.7 Å². The Balaban J connectivity index is 1.76. The van der Waals surface area contributed by atoms with Gasteiger partial charge in [0.25, 0.3) is 11.6 Å². The lowest BCUT2D eigenvalue weighted by molar-refractivity contribution is -0.384. The highest BCUT2D eigenvalue weighted by Crippen LogP contribution is 2.42. The standard InChI is InChI=1S/C21H18N4O6/c1-22-19(27)16(20(28)23(2)21(22)29)17-14-5-3-4-6-15(14)18(26)24(17)11-12-7-9-13(10-8-12)25(30)31/h3-10,16-17H,11H2,1-2H3/t17-/m1/s1. The summed E-state index contributed by atoms with van der Waals surface area (Å²) in [6.45, 7) is 0.0363. The Morgan fingerprint density at radius 2 is 1.48 bits per heavy atom. The first-order chi connectivity index (χ1) is 14.7. The molecule has 0 N–H and O–H groups in total. The Labute approximate surface area is 176 Å². The summed E-state index contributed by atoms with van der Waals surface area (Å²) in [5.41, 5.74) is 1.41. The van der Waals surface area contributed by atoms with E-state index in [1.807, 2.05) is 0 Å². The molecule has 0 aromatic heterocycles. The lowest BCUT2D eigenvalue weighted by atomic mass is 9.89. The largest absolute Gasteiger partial charge is 0.332 e. The second kappa shape index (κ2) is 7.31. The van der Waals surface area contributed by atoms with Crippen LogP contribution < -0.4 is 0 Å². The Bertz CT molecular complexity index is 1100. The topological polar surface area (TPSA) is 121 Å². The highest BCUT2D eigenvalue weighted by atomic mass is 16.6. The third-order valence-electron chi connectivity index (χ3n) is 5.69. The van der Waals surface area contributed by atoms with Gasteiger partial charge in [-0.05, 0) is 17.2 Å². The first kappa shape index (κ1) is 20.2. The molecule has 1 atom stereocenters. The predicted molar refractivity (Wildman–Crippen MR) is 107 cm³/mol. The van der Waals surface area contributed by atoms with Crippen LogP contribution in [0.3, 0.4) is 0 Å². The molecule has 0 bridgehead atoms. The van der Waals surface area contributed by atoms with Gasteiger partial charge < -0.3 is 4.90 Å². The summed E-state index contributed by atoms with van der Waals surface area (Å²) >= 11 is 0. The third kappa shape index (κ3) is 3.12. The van der Waals surface area contributed by atoms with Crippen LogP contribution in [0, 0.1) is 16.0 Å². The van der Waals surface area contributed by atoms with Crippen molar-refractivity contribution in [3.05, 3.63) is 75.3 Å². The summed E-state index contributed by atoms with van der Waals surface area (Å²) in [6, 6.07) is 10.8. The van der Waals surface area contributed by atoms with Crippen molar-refractivity contribution in [3.8, 4) is 0 Å². The number of benzene rings is 2. The van der Waals surface area contributed by atoms with Gasteiger partial charge in [0.15, 0.2) is 0 Å². The highest BCUT2D eigenvalue weighted by molar-refractivity contribution is 6.17. The van der Waals surface area contributed by atoms with Crippen molar-refractivity contribution in [2.24, 2.45) is 5.92 Å². The minimum Gasteiger partial charge on any atom is -0.326 e. The highest BCUT2D eigenvalue weighted by Gasteiger charge is 2.52. The van der Waals surface area contributed by atoms with Gasteiger partial charge in [-0.1, -0.05) is 30.3 Å². The van der Waals surface area contributed by atoms with Gasteiger partial charge in [-0.25, -0.2) is 4.79 Å². The minimum absolute atomic E-state index is 0.0363. The van der Waals surface area contributed by atoms with Crippen LogP contribution in [0.25, 0.3) is 0 Å². The Morgan fingerprint density at radius 1 is 0.903 bits per heavy atom. The molecule has 0 saturated carbocycles. The average molecular weight is 422 g/mol. The Hall–Kier alpha value is -4.08. The van der Waals surface area contributed by atoms with Crippen molar-refractivity contribution in [1.29, 1.82) is 0 Å². The van der Waals surface area contributed by atoms with E-state index in [0.717, 1.165) is 9.80 Å². The van der Waals surface area contributed by atoms with Gasteiger partial charge in [-0.15, -0.1) is 0 Å². The van der Waals surface area contributed by atoms with Crippen LogP contribution in [0.1, 0.15) is 27.5 Å². The number of non-ortho nitro benzene ring substituents is 1. The van der Waals surface area contributed by atoms with Gasteiger partial charge >= 0.3 is 6.03 Å². The van der Waals surface area contributed by atoms with Crippen LogP contribution in [-0.2, 0) is 16.1 Å². The van der Waals surface area contributed by atoms with E-state index in [0.29, 0.717) is 16.7 Å². The number of barbiturate groups is 1. The van der Waals surface area contributed by atoms with E-state index >= 15 is 0 Å². The number of fused-ring (bicyclic) bond motifs is 1. The molecule has 2 aliphatic rings. The van der Waals surface area contributed by atoms with Crippen LogP contribution in [0.2, 0.25) is 0 Å². The maximum atomic E-state index is 13.2. The number of hydrogen-bond donors (Lipinski definition) is 0. The van der Waals surface area contributed by atoms with Gasteiger partial charge in [0.05, 0.1) is 11.0 Å². The molecule has 1 fully saturated rings. The Kier molecular flexibility index (Phi) is 4.77. The summed E-state index contributed by atoms with van der Waals surface area (Å²) in [4.78, 5) is 64.8. The maximum Gasteiger partial charge on any atom is 0.332 e. The number of nitro benzene ring substituents is 1. The molecule has 2 heterocycles. The number of imide groups is 2. The monoisotopic (exact) mass is 422 g/mol. The lowest BCUT2D eigenvalue weighted by Gasteiger charge is -2.38. The van der Waals surface area contributed by atoms with E-state index in [2.05, 4.69) is 0 Å². The molecular weight excluding hydrogens is 404 g/mol. The van der Waals surface area contributed by atoms with Crippen LogP contribution in [0.15, 0.2) is 48.5 Å². The lowest BCUT2D eigenvalue weighted by Crippen LogP contribution is -2.59. The van der Waals surface area contributed by atoms with Gasteiger partial charge in [-0.2, -0.15) is 0 Å². The first-order valence-electron chi connectivity index (χ1n) is 9.44. The summed E-state index contributed by atoms with van der Waals surface area (Å²) in [5.74, 6) is -3.01. The van der Waals surface area contributed by atoms with E-state index in [9.17, 15) is 29.3 Å². The molecule has 31 heavy (non-hydrogen) atoms. The fourth-order valence-corrected chi connectivity index (χ4v) is 4.05. The molecule has 2 aromatic carbocycles. The number of amides is 5. The van der Waals surface area contributed by atoms with E-state index in [1.165, 1.54) is 43.3 Å². The zero-order valence-electron chi connectivity index (χ0n) is 16.7. The van der Waals surface area contributed by atoms with Crippen LogP contribution in [-0.4, -0.2) is 57.5 Å². The molecule has 0 aliphatic carbocycles. The van der Waals surface area contributed by atoms with Gasteiger partial charge in [-0.3, -0.25) is 34.3 Å². The van der Waals surface area contributed by atoms with Crippen molar-refractivity contribution < 1.29 is 24.1 Å². The molecule has 4 rings (SSSR count). The minimum atomic E-state index is -1.28. The molecule has 5 amide bonds. The molecule has 1 saturated heterocycles. The fraction of sp³-hybridized carbons (Fsp3) is 0.238. The molecule has 0 radical (unpaired) electrons. The Morgan fingerprint density at radius 3 is 2.06 bits per heavy atom. The van der Waals surface area contributed by atoms with E-state index in [-0.39, 0.29) is 18.1 Å². The quantitative estimate of drug-likeness (QED) is 0.422. The number of nitro groups is 1. The first-order valence-corrected chi connectivity index (χ1v) is 9.44. The number of carbonyl (C=O) groups excluding carboxylic acids is 4. The molecule has 2 aliphatic heterocycles. The van der Waals surface area contributed by atoms with Crippen molar-refractivity contribution >= 4 is 29.4 Å². The van der Waals surface area contributed by atoms with Crippen molar-refractivity contribution in [2.75, 3.05) is 14.1 Å². The SMILES string of the molecule is CN1C(=O)C([C@H]2c3ccccc3C(=O)N2Cc2ccc([N+](=O)[O-])cc2)C(=O)N(C)C1=O. The second-order valence-corrected chi connectivity index (χ2v) is 7.44. The molecule has 10 nitrogen and oxygen atoms in total. The number of carbonyl (C=O) groups is 4. The van der Waals surface area contributed by atoms with E-state index in [1.54, 1.807) is 24.3 Å². The van der Waals surface area contributed by atoms with Gasteiger partial charge in [0.1, 0.15) is 5.92 Å². The summed E-state index contributed by atoms with van der Waals surface area (Å²) < 4.78 is 0.